The largest absolute Gasteiger partial charge is 0.338 e. The predicted octanol–water partition coefficient (Wildman–Crippen LogP) is 3.03. The molecule has 0 aliphatic carbocycles. The van der Waals surface area contributed by atoms with Gasteiger partial charge in [-0.15, -0.1) is 0 Å². The van der Waals surface area contributed by atoms with Crippen molar-refractivity contribution in [3.63, 3.8) is 0 Å². The lowest BCUT2D eigenvalue weighted by Crippen LogP contribution is -2.50. The Balaban J connectivity index is 1.58. The van der Waals surface area contributed by atoms with Crippen molar-refractivity contribution in [1.29, 1.82) is 0 Å². The van der Waals surface area contributed by atoms with E-state index < -0.39 is 17.7 Å². The first-order valence-electron chi connectivity index (χ1n) is 8.52. The Morgan fingerprint density at radius 2 is 1.96 bits per heavy atom. The zero-order chi connectivity index (χ0) is 18.8. The van der Waals surface area contributed by atoms with Crippen molar-refractivity contribution >= 4 is 17.5 Å². The third-order valence-electron chi connectivity index (χ3n) is 4.82. The summed E-state index contributed by atoms with van der Waals surface area (Å²) in [6.45, 7) is 6.23. The quantitative estimate of drug-likeness (QED) is 0.816. The van der Waals surface area contributed by atoms with Crippen LogP contribution in [0.5, 0.6) is 0 Å². The lowest BCUT2D eigenvalue weighted by molar-refractivity contribution is -0.136. The van der Waals surface area contributed by atoms with Crippen molar-refractivity contribution < 1.29 is 13.6 Å². The van der Waals surface area contributed by atoms with Crippen LogP contribution < -0.4 is 0 Å². The van der Waals surface area contributed by atoms with Gasteiger partial charge < -0.3 is 4.90 Å². The third-order valence-corrected chi connectivity index (χ3v) is 5.19. The lowest BCUT2D eigenvalue weighted by Gasteiger charge is -2.36. The molecule has 1 aliphatic heterocycles. The Labute approximate surface area is 156 Å². The highest BCUT2D eigenvalue weighted by Gasteiger charge is 2.27. The van der Waals surface area contributed by atoms with E-state index in [0.29, 0.717) is 43.3 Å². The van der Waals surface area contributed by atoms with Crippen molar-refractivity contribution in [2.24, 2.45) is 0 Å². The number of hydrogen-bond acceptors (Lipinski definition) is 3. The van der Waals surface area contributed by atoms with Gasteiger partial charge >= 0.3 is 0 Å². The number of piperazine rings is 1. The molecular formula is C18H21ClF2N4O. The highest BCUT2D eigenvalue weighted by Crippen LogP contribution is 2.20. The van der Waals surface area contributed by atoms with Crippen molar-refractivity contribution in [2.75, 3.05) is 26.2 Å². The van der Waals surface area contributed by atoms with Gasteiger partial charge in [0.25, 0.3) is 0 Å². The van der Waals surface area contributed by atoms with Gasteiger partial charge in [-0.25, -0.2) is 8.78 Å². The maximum atomic E-state index is 13.8. The van der Waals surface area contributed by atoms with Gasteiger partial charge in [0.15, 0.2) is 11.6 Å². The van der Waals surface area contributed by atoms with E-state index in [0.717, 1.165) is 11.8 Å². The summed E-state index contributed by atoms with van der Waals surface area (Å²) in [6, 6.07) is 3.77. The molecule has 1 aromatic heterocycles. The second-order valence-corrected chi connectivity index (χ2v) is 6.92. The molecule has 8 heteroatoms. The van der Waals surface area contributed by atoms with E-state index in [9.17, 15) is 13.6 Å². The minimum Gasteiger partial charge on any atom is -0.338 e. The van der Waals surface area contributed by atoms with Crippen LogP contribution in [0.15, 0.2) is 24.4 Å². The minimum absolute atomic E-state index is 0.0237. The Kier molecular flexibility index (Phi) is 5.58. The molecule has 3 rings (SSSR count). The molecule has 1 unspecified atom stereocenters. The van der Waals surface area contributed by atoms with Gasteiger partial charge in [-0.2, -0.15) is 5.10 Å². The average Bonchev–Trinajstić information content (AvgIpc) is 2.97. The Bertz CT molecular complexity index is 802. The first kappa shape index (κ1) is 18.8. The number of nitrogens with zero attached hydrogens (tertiary/aromatic N) is 4. The van der Waals surface area contributed by atoms with Crippen LogP contribution in [-0.4, -0.2) is 51.7 Å². The van der Waals surface area contributed by atoms with Crippen LogP contribution in [0.3, 0.4) is 0 Å². The Morgan fingerprint density at radius 1 is 1.27 bits per heavy atom. The van der Waals surface area contributed by atoms with Gasteiger partial charge in [0.2, 0.25) is 5.91 Å². The normalized spacial score (nSPS) is 16.7. The maximum Gasteiger partial charge on any atom is 0.247 e. The molecule has 26 heavy (non-hydrogen) atoms. The summed E-state index contributed by atoms with van der Waals surface area (Å²) >= 11 is 6.01. The van der Waals surface area contributed by atoms with Gasteiger partial charge in [0, 0.05) is 38.3 Å². The fourth-order valence-electron chi connectivity index (χ4n) is 3.20. The number of halogens is 3. The summed E-state index contributed by atoms with van der Waals surface area (Å²) in [7, 11) is 0. The molecule has 1 atom stereocenters. The SMILES string of the molecule is Cc1c(Cl)cnn1C(C)C(=O)N1CCN(Cc2cccc(F)c2F)CC1. The highest BCUT2D eigenvalue weighted by atomic mass is 35.5. The fraction of sp³-hybridized carbons (Fsp3) is 0.444. The molecule has 0 N–H and O–H groups in total. The molecule has 1 aromatic carbocycles. The van der Waals surface area contributed by atoms with E-state index in [2.05, 4.69) is 5.10 Å². The predicted molar refractivity (Wildman–Crippen MR) is 94.9 cm³/mol. The molecule has 1 aliphatic rings. The van der Waals surface area contributed by atoms with E-state index in [4.69, 9.17) is 11.6 Å². The van der Waals surface area contributed by atoms with Gasteiger partial charge in [-0.3, -0.25) is 14.4 Å². The van der Waals surface area contributed by atoms with Crippen LogP contribution in [0.25, 0.3) is 0 Å². The van der Waals surface area contributed by atoms with Crippen molar-refractivity contribution in [3.8, 4) is 0 Å². The molecule has 1 fully saturated rings. The molecule has 0 bridgehead atoms. The number of benzene rings is 1. The first-order chi connectivity index (χ1) is 12.4. The van der Waals surface area contributed by atoms with Crippen LogP contribution in [-0.2, 0) is 11.3 Å². The minimum atomic E-state index is -0.835. The molecule has 5 nitrogen and oxygen atoms in total. The maximum absolute atomic E-state index is 13.8. The molecule has 0 radical (unpaired) electrons. The average molecular weight is 383 g/mol. The monoisotopic (exact) mass is 382 g/mol. The number of aromatic nitrogens is 2. The van der Waals surface area contributed by atoms with E-state index in [1.807, 2.05) is 11.8 Å². The number of carbonyl (C=O) groups is 1. The first-order valence-corrected chi connectivity index (χ1v) is 8.90. The van der Waals surface area contributed by atoms with E-state index in [-0.39, 0.29) is 5.91 Å². The van der Waals surface area contributed by atoms with Crippen molar-refractivity contribution in [1.82, 2.24) is 19.6 Å². The molecule has 2 heterocycles. The van der Waals surface area contributed by atoms with Gasteiger partial charge in [0.1, 0.15) is 6.04 Å². The number of carbonyl (C=O) groups excluding carboxylic acids is 1. The van der Waals surface area contributed by atoms with Crippen LogP contribution in [0.1, 0.15) is 24.2 Å². The second-order valence-electron chi connectivity index (χ2n) is 6.51. The van der Waals surface area contributed by atoms with Gasteiger partial charge in [0.05, 0.1) is 16.9 Å². The van der Waals surface area contributed by atoms with E-state index in [1.165, 1.54) is 12.3 Å². The Hall–Kier alpha value is -1.99. The van der Waals surface area contributed by atoms with Crippen LogP contribution >= 0.6 is 11.6 Å². The highest BCUT2D eigenvalue weighted by molar-refractivity contribution is 6.31. The summed E-state index contributed by atoms with van der Waals surface area (Å²) in [5, 5.41) is 4.70. The van der Waals surface area contributed by atoms with Gasteiger partial charge in [-0.1, -0.05) is 23.7 Å². The zero-order valence-electron chi connectivity index (χ0n) is 14.8. The molecule has 2 aromatic rings. The van der Waals surface area contributed by atoms with Crippen LogP contribution in [0, 0.1) is 18.6 Å². The molecule has 0 saturated carbocycles. The second kappa shape index (κ2) is 7.72. The summed E-state index contributed by atoms with van der Waals surface area (Å²) in [6.07, 6.45) is 1.53. The summed E-state index contributed by atoms with van der Waals surface area (Å²) in [5.41, 5.74) is 1.09. The molecular weight excluding hydrogens is 362 g/mol. The Morgan fingerprint density at radius 3 is 2.58 bits per heavy atom. The van der Waals surface area contributed by atoms with E-state index in [1.54, 1.807) is 22.6 Å². The summed E-state index contributed by atoms with van der Waals surface area (Å²) in [5.74, 6) is -1.66. The molecule has 0 spiro atoms. The van der Waals surface area contributed by atoms with Crippen molar-refractivity contribution in [2.45, 2.75) is 26.4 Å². The number of amides is 1. The van der Waals surface area contributed by atoms with Crippen LogP contribution in [0.4, 0.5) is 8.78 Å². The molecule has 1 saturated heterocycles. The van der Waals surface area contributed by atoms with Gasteiger partial charge in [-0.05, 0) is 19.9 Å². The number of rotatable bonds is 4. The lowest BCUT2D eigenvalue weighted by atomic mass is 10.1. The third kappa shape index (κ3) is 3.73. The standard InChI is InChI=1S/C18H21ClF2N4O/c1-12-15(19)10-22-25(12)13(2)18(26)24-8-6-23(7-9-24)11-14-4-3-5-16(20)17(14)21/h3-5,10,13H,6-9,11H2,1-2H3. The zero-order valence-corrected chi connectivity index (χ0v) is 15.5. The molecule has 1 amide bonds. The van der Waals surface area contributed by atoms with E-state index >= 15 is 0 Å². The summed E-state index contributed by atoms with van der Waals surface area (Å²) in [4.78, 5) is 16.5. The smallest absolute Gasteiger partial charge is 0.247 e. The fourth-order valence-corrected chi connectivity index (χ4v) is 3.33. The number of hydrogen-bond donors (Lipinski definition) is 0. The van der Waals surface area contributed by atoms with Crippen molar-refractivity contribution in [3.05, 3.63) is 52.3 Å². The molecule has 140 valence electrons. The summed E-state index contributed by atoms with van der Waals surface area (Å²) < 4.78 is 28.8. The van der Waals surface area contributed by atoms with Crippen LogP contribution in [0.2, 0.25) is 5.02 Å². The topological polar surface area (TPSA) is 41.4 Å².